The van der Waals surface area contributed by atoms with Gasteiger partial charge in [-0.25, -0.2) is 4.39 Å². The minimum atomic E-state index is -0.935. The van der Waals surface area contributed by atoms with Crippen LogP contribution in [0.25, 0.3) is 0 Å². The number of halogens is 1. The second kappa shape index (κ2) is 4.36. The number of nitro groups is 1. The molecule has 1 aliphatic rings. The molecule has 1 aromatic carbocycles. The molecule has 1 saturated carbocycles. The summed E-state index contributed by atoms with van der Waals surface area (Å²) in [5.41, 5.74) is -1.07. The van der Waals surface area contributed by atoms with Crippen molar-refractivity contribution >= 4 is 11.7 Å². The summed E-state index contributed by atoms with van der Waals surface area (Å²) in [6.07, 6.45) is 1.03. The second-order valence-corrected chi connectivity index (χ2v) is 4.22. The fraction of sp³-hybridized carbons (Fsp3) is 0.417. The maximum Gasteiger partial charge on any atom is 0.316 e. The topological polar surface area (TPSA) is 69.4 Å². The van der Waals surface area contributed by atoms with Gasteiger partial charge in [0.25, 0.3) is 5.69 Å². The number of hydrogen-bond donors (Lipinski definition) is 0. The highest BCUT2D eigenvalue weighted by molar-refractivity contribution is 5.86. The average Bonchev–Trinajstić information content (AvgIpc) is 3.10. The molecule has 0 amide bonds. The first kappa shape index (κ1) is 12.5. The molecule has 0 atom stereocenters. The predicted molar refractivity (Wildman–Crippen MR) is 60.6 cm³/mol. The Morgan fingerprint density at radius 2 is 2.22 bits per heavy atom. The molecule has 0 saturated heterocycles. The normalized spacial score (nSPS) is 16.1. The largest absolute Gasteiger partial charge is 0.465 e. The van der Waals surface area contributed by atoms with E-state index in [0.717, 1.165) is 6.07 Å². The van der Waals surface area contributed by atoms with Crippen LogP contribution in [0.1, 0.15) is 25.3 Å². The van der Waals surface area contributed by atoms with E-state index in [-0.39, 0.29) is 17.9 Å². The van der Waals surface area contributed by atoms with Crippen molar-refractivity contribution in [2.75, 3.05) is 6.61 Å². The molecule has 0 aromatic heterocycles. The third-order valence-electron chi connectivity index (χ3n) is 3.10. The lowest BCUT2D eigenvalue weighted by Crippen LogP contribution is -2.24. The molecular weight excluding hydrogens is 241 g/mol. The first-order valence-corrected chi connectivity index (χ1v) is 5.63. The number of rotatable bonds is 4. The molecule has 0 spiro atoms. The van der Waals surface area contributed by atoms with Crippen LogP contribution in [0.2, 0.25) is 0 Å². The molecule has 0 heterocycles. The van der Waals surface area contributed by atoms with Gasteiger partial charge < -0.3 is 4.74 Å². The molecule has 2 rings (SSSR count). The van der Waals surface area contributed by atoms with Crippen LogP contribution in [0.4, 0.5) is 10.1 Å². The van der Waals surface area contributed by atoms with E-state index >= 15 is 0 Å². The van der Waals surface area contributed by atoms with E-state index in [9.17, 15) is 19.3 Å². The lowest BCUT2D eigenvalue weighted by molar-refractivity contribution is -0.385. The molecule has 0 aliphatic heterocycles. The number of nitro benzene ring substituents is 1. The van der Waals surface area contributed by atoms with E-state index in [2.05, 4.69) is 0 Å². The Kier molecular flexibility index (Phi) is 3.02. The van der Waals surface area contributed by atoms with Crippen molar-refractivity contribution < 1.29 is 18.8 Å². The smallest absolute Gasteiger partial charge is 0.316 e. The maximum atomic E-state index is 13.8. The van der Waals surface area contributed by atoms with Gasteiger partial charge in [-0.1, -0.05) is 0 Å². The van der Waals surface area contributed by atoms with Gasteiger partial charge in [-0.3, -0.25) is 14.9 Å². The molecule has 18 heavy (non-hydrogen) atoms. The Balaban J connectivity index is 2.34. The van der Waals surface area contributed by atoms with Crippen LogP contribution < -0.4 is 0 Å². The number of nitrogens with zero attached hydrogens (tertiary/aromatic N) is 1. The lowest BCUT2D eigenvalue weighted by atomic mass is 9.95. The van der Waals surface area contributed by atoms with E-state index in [1.807, 2.05) is 0 Å². The van der Waals surface area contributed by atoms with Crippen molar-refractivity contribution in [1.82, 2.24) is 0 Å². The number of carbonyl (C=O) groups excluding carboxylic acids is 1. The molecule has 0 bridgehead atoms. The summed E-state index contributed by atoms with van der Waals surface area (Å²) in [5, 5.41) is 10.5. The molecular formula is C12H12FNO4. The van der Waals surface area contributed by atoms with Crippen molar-refractivity contribution in [3.8, 4) is 0 Å². The first-order chi connectivity index (χ1) is 8.51. The van der Waals surface area contributed by atoms with Crippen LogP contribution in [0, 0.1) is 15.9 Å². The number of benzene rings is 1. The van der Waals surface area contributed by atoms with Crippen LogP contribution >= 0.6 is 0 Å². The summed E-state index contributed by atoms with van der Waals surface area (Å²) < 4.78 is 18.8. The quantitative estimate of drug-likeness (QED) is 0.469. The number of hydrogen-bond acceptors (Lipinski definition) is 4. The van der Waals surface area contributed by atoms with Gasteiger partial charge in [-0.2, -0.15) is 0 Å². The highest BCUT2D eigenvalue weighted by atomic mass is 19.1. The SMILES string of the molecule is CCOC(=O)C1(c2ccc([N+](=O)[O-])cc2F)CC1. The Morgan fingerprint density at radius 3 is 2.67 bits per heavy atom. The van der Waals surface area contributed by atoms with Gasteiger partial charge >= 0.3 is 5.97 Å². The third-order valence-corrected chi connectivity index (χ3v) is 3.10. The van der Waals surface area contributed by atoms with Crippen molar-refractivity contribution in [3.63, 3.8) is 0 Å². The van der Waals surface area contributed by atoms with Gasteiger partial charge in [-0.15, -0.1) is 0 Å². The molecule has 0 unspecified atom stereocenters. The summed E-state index contributed by atoms with van der Waals surface area (Å²) in [4.78, 5) is 21.6. The van der Waals surface area contributed by atoms with Crippen molar-refractivity contribution in [2.24, 2.45) is 0 Å². The second-order valence-electron chi connectivity index (χ2n) is 4.22. The van der Waals surface area contributed by atoms with Crippen molar-refractivity contribution in [2.45, 2.75) is 25.2 Å². The fourth-order valence-corrected chi connectivity index (χ4v) is 1.98. The summed E-state index contributed by atoms with van der Waals surface area (Å²) in [5.74, 6) is -1.19. The lowest BCUT2D eigenvalue weighted by Gasteiger charge is -2.14. The van der Waals surface area contributed by atoms with Gasteiger partial charge in [0.1, 0.15) is 5.82 Å². The van der Waals surface area contributed by atoms with Gasteiger partial charge in [0.15, 0.2) is 0 Å². The molecule has 96 valence electrons. The number of non-ortho nitro benzene ring substituents is 1. The summed E-state index contributed by atoms with van der Waals surface area (Å²) >= 11 is 0. The van der Waals surface area contributed by atoms with Crippen LogP contribution in [-0.2, 0) is 14.9 Å². The zero-order valence-electron chi connectivity index (χ0n) is 9.81. The van der Waals surface area contributed by atoms with Gasteiger partial charge in [0.05, 0.1) is 23.0 Å². The van der Waals surface area contributed by atoms with Crippen molar-refractivity contribution in [1.29, 1.82) is 0 Å². The van der Waals surface area contributed by atoms with Gasteiger partial charge in [0.2, 0.25) is 0 Å². The minimum absolute atomic E-state index is 0.187. The maximum absolute atomic E-state index is 13.8. The Labute approximate surface area is 103 Å². The average molecular weight is 253 g/mol. The van der Waals surface area contributed by atoms with Crippen molar-refractivity contribution in [3.05, 3.63) is 39.7 Å². The van der Waals surface area contributed by atoms with E-state index < -0.39 is 22.1 Å². The molecule has 5 nitrogen and oxygen atoms in total. The van der Waals surface area contributed by atoms with E-state index in [4.69, 9.17) is 4.74 Å². The number of ether oxygens (including phenoxy) is 1. The van der Waals surface area contributed by atoms with E-state index in [1.165, 1.54) is 12.1 Å². The first-order valence-electron chi connectivity index (χ1n) is 5.63. The zero-order valence-corrected chi connectivity index (χ0v) is 9.81. The third kappa shape index (κ3) is 1.94. The zero-order chi connectivity index (χ0) is 13.3. The Morgan fingerprint density at radius 1 is 1.56 bits per heavy atom. The monoisotopic (exact) mass is 253 g/mol. The van der Waals surface area contributed by atoms with Crippen LogP contribution in [0.3, 0.4) is 0 Å². The van der Waals surface area contributed by atoms with Crippen LogP contribution in [-0.4, -0.2) is 17.5 Å². The van der Waals surface area contributed by atoms with E-state index in [0.29, 0.717) is 12.8 Å². The van der Waals surface area contributed by atoms with Crippen LogP contribution in [0.15, 0.2) is 18.2 Å². The summed E-state index contributed by atoms with van der Waals surface area (Å²) in [7, 11) is 0. The Hall–Kier alpha value is -1.98. The highest BCUT2D eigenvalue weighted by Gasteiger charge is 2.54. The highest BCUT2D eigenvalue weighted by Crippen LogP contribution is 2.50. The van der Waals surface area contributed by atoms with Crippen LogP contribution in [0.5, 0.6) is 0 Å². The molecule has 1 aliphatic carbocycles. The molecule has 6 heteroatoms. The summed E-state index contributed by atoms with van der Waals surface area (Å²) in [6, 6.07) is 3.35. The molecule has 1 aromatic rings. The molecule has 0 N–H and O–H groups in total. The fourth-order valence-electron chi connectivity index (χ4n) is 1.98. The number of carbonyl (C=O) groups is 1. The predicted octanol–water partition coefficient (Wildman–Crippen LogP) is 2.33. The molecule has 1 fully saturated rings. The Bertz CT molecular complexity index is 511. The summed E-state index contributed by atoms with van der Waals surface area (Å²) in [6.45, 7) is 1.91. The van der Waals surface area contributed by atoms with Gasteiger partial charge in [-0.05, 0) is 25.8 Å². The van der Waals surface area contributed by atoms with E-state index in [1.54, 1.807) is 6.92 Å². The standard InChI is InChI=1S/C12H12FNO4/c1-2-18-11(15)12(5-6-12)9-4-3-8(14(16)17)7-10(9)13/h3-4,7H,2,5-6H2,1H3. The molecule has 0 radical (unpaired) electrons. The number of esters is 1. The minimum Gasteiger partial charge on any atom is -0.465 e. The van der Waals surface area contributed by atoms with Gasteiger partial charge in [0, 0.05) is 11.6 Å².